The van der Waals surface area contributed by atoms with Gasteiger partial charge < -0.3 is 29.7 Å². The number of aryl methyl sites for hydroxylation is 1. The molecule has 4 saturated carbocycles. The molecule has 0 unspecified atom stereocenters. The lowest BCUT2D eigenvalue weighted by atomic mass is 9.93. The van der Waals surface area contributed by atoms with E-state index in [1.165, 1.54) is 12.0 Å². The number of alkyl carbamates (subject to hydrolysis) is 1. The molecule has 15 nitrogen and oxygen atoms in total. The fourth-order valence-electron chi connectivity index (χ4n) is 8.98. The second-order valence-electron chi connectivity index (χ2n) is 17.8. The molecule has 2 aromatic rings. The van der Waals surface area contributed by atoms with Crippen LogP contribution >= 0.6 is 0 Å². The fourth-order valence-corrected chi connectivity index (χ4v) is 10.3. The summed E-state index contributed by atoms with van der Waals surface area (Å²) in [4.78, 5) is 65.4. The highest BCUT2D eigenvalue weighted by Gasteiger charge is 2.67. The van der Waals surface area contributed by atoms with Crippen LogP contribution in [0.4, 0.5) is 13.6 Å². The number of nitrogens with zero attached hydrogens (tertiary/aromatic N) is 3. The van der Waals surface area contributed by atoms with Crippen LogP contribution < -0.4 is 24.8 Å². The van der Waals surface area contributed by atoms with Gasteiger partial charge in [-0.1, -0.05) is 40.5 Å². The average molecular weight is 853 g/mol. The molecule has 6 aliphatic rings. The Morgan fingerprint density at radius 1 is 1.02 bits per heavy atom. The number of carbonyl (C=O) groups is 4. The Morgan fingerprint density at radius 2 is 1.76 bits per heavy atom. The number of aromatic nitrogens is 2. The molecule has 0 radical (unpaired) electrons. The zero-order valence-corrected chi connectivity index (χ0v) is 35.1. The maximum absolute atomic E-state index is 14.2. The first-order valence-electron chi connectivity index (χ1n) is 20.9. The number of nitrogens with one attached hydrogen (secondary N) is 3. The zero-order valence-electron chi connectivity index (χ0n) is 34.2. The van der Waals surface area contributed by atoms with Crippen molar-refractivity contribution in [3.8, 4) is 11.6 Å². The van der Waals surface area contributed by atoms with Gasteiger partial charge in [0.1, 0.15) is 41.8 Å². The number of ether oxygens (including phenoxy) is 3. The van der Waals surface area contributed by atoms with Crippen LogP contribution in [0.2, 0.25) is 0 Å². The van der Waals surface area contributed by atoms with Crippen molar-refractivity contribution in [3.63, 3.8) is 0 Å². The zero-order chi connectivity index (χ0) is 42.4. The Morgan fingerprint density at radius 3 is 2.44 bits per heavy atom. The van der Waals surface area contributed by atoms with E-state index in [-0.39, 0.29) is 28.7 Å². The van der Waals surface area contributed by atoms with Gasteiger partial charge in [-0.05, 0) is 87.2 Å². The summed E-state index contributed by atoms with van der Waals surface area (Å²) in [6.07, 6.45) is 1.22. The fraction of sp³-hybridized carbons (Fsp3) is 0.707. The molecule has 59 heavy (non-hydrogen) atoms. The van der Waals surface area contributed by atoms with Crippen LogP contribution in [-0.4, -0.2) is 103 Å². The van der Waals surface area contributed by atoms with Gasteiger partial charge in [-0.25, -0.2) is 32.0 Å². The molecule has 2 bridgehead atoms. The summed E-state index contributed by atoms with van der Waals surface area (Å²) in [5.41, 5.74) is -0.476. The van der Waals surface area contributed by atoms with E-state index >= 15 is 0 Å². The summed E-state index contributed by atoms with van der Waals surface area (Å²) in [7, 11) is -2.59. The topological polar surface area (TPSA) is 195 Å². The first kappa shape index (κ1) is 42.8. The smallest absolute Gasteiger partial charge is 0.407 e. The first-order valence-corrected chi connectivity index (χ1v) is 22.5. The van der Waals surface area contributed by atoms with E-state index in [1.807, 2.05) is 4.72 Å². The molecule has 8 rings (SSSR count). The lowest BCUT2D eigenvalue weighted by molar-refractivity contribution is -0.140. The largest absolute Gasteiger partial charge is 0.497 e. The maximum atomic E-state index is 14.2. The number of hydrogen-bond acceptors (Lipinski definition) is 11. The van der Waals surface area contributed by atoms with E-state index in [0.29, 0.717) is 53.6 Å². The SMILES string of the molecule is CC(C)C.COc1ccc2nc3c(nc2c1)O[C@H]1CN(C(=O)CNC(=O)O[C@@H]2C[C@@H]4C[C@@H]4[C@H]2CCCCC3)[C@H](C(=O)N[C@]2(C(=O)NS(=O)(=O)C3CC3)C[C@H]2C(F)F)[C@@H]1C.[HH].[HH].[HH]. The summed E-state index contributed by atoms with van der Waals surface area (Å²) in [5.74, 6) is -2.40. The predicted octanol–water partition coefficient (Wildman–Crippen LogP) is 5.25. The van der Waals surface area contributed by atoms with E-state index in [9.17, 15) is 36.4 Å². The van der Waals surface area contributed by atoms with Gasteiger partial charge in [-0.3, -0.25) is 19.1 Å². The number of sulfonamides is 1. The normalized spacial score (nSPS) is 31.8. The number of benzene rings is 1. The number of amides is 4. The third kappa shape index (κ3) is 9.36. The molecule has 2 aliphatic heterocycles. The average Bonchev–Trinajstić information content (AvgIpc) is 4.10. The predicted molar refractivity (Wildman–Crippen MR) is 217 cm³/mol. The van der Waals surface area contributed by atoms with E-state index in [1.54, 1.807) is 25.1 Å². The van der Waals surface area contributed by atoms with E-state index in [2.05, 4.69) is 31.4 Å². The van der Waals surface area contributed by atoms with Crippen molar-refractivity contribution >= 4 is 44.9 Å². The van der Waals surface area contributed by atoms with E-state index in [4.69, 9.17) is 24.2 Å². The van der Waals surface area contributed by atoms with E-state index < -0.39 is 88.0 Å². The molecule has 330 valence electrons. The molecular weight excluding hydrogens is 791 g/mol. The lowest BCUT2D eigenvalue weighted by Crippen LogP contribution is -2.58. The first-order chi connectivity index (χ1) is 28.0. The van der Waals surface area contributed by atoms with Gasteiger partial charge in [0.05, 0.1) is 35.9 Å². The third-order valence-electron chi connectivity index (χ3n) is 12.5. The summed E-state index contributed by atoms with van der Waals surface area (Å²) in [5, 5.41) is 4.16. The highest BCUT2D eigenvalue weighted by molar-refractivity contribution is 7.91. The van der Waals surface area contributed by atoms with Crippen molar-refractivity contribution in [2.45, 2.75) is 127 Å². The molecule has 5 fully saturated rings. The molecule has 1 saturated heterocycles. The summed E-state index contributed by atoms with van der Waals surface area (Å²) < 4.78 is 73.1. The molecule has 4 amide bonds. The van der Waals surface area contributed by atoms with Crippen LogP contribution in [0.15, 0.2) is 18.2 Å². The molecule has 3 heterocycles. The standard InChI is InChI=1S/C37H46F2N6O9S.C4H10.3H2/c1-18-29-17-45(31(18)33(47)43-37(15-24(37)32(38)39)35(48)44-55(50,51)21-9-10-21)30(46)16-40-36(49)54-28-13-19-12-23(19)22(28)6-4-3-5-7-26-34(53-29)42-27-14-20(52-2)8-11-25(27)41-26;1-4(2)3;;;/h8,11,14,18-19,21-24,28-29,31-32H,3-7,9-10,12-13,15-17H2,1-2H3,(H,40,49)(H,43,47)(H,44,48);4H,1-3H3;3*1H/t18-,19+,22-,23+,24+,28-,29+,31+,37-;;;;/m1..../s1. The third-order valence-corrected chi connectivity index (χ3v) is 14.3. The highest BCUT2D eigenvalue weighted by atomic mass is 32.2. The van der Waals surface area contributed by atoms with Gasteiger partial charge >= 0.3 is 6.09 Å². The number of alkyl halides is 2. The van der Waals surface area contributed by atoms with Gasteiger partial charge in [-0.2, -0.15) is 0 Å². The molecule has 18 heteroatoms. The minimum Gasteiger partial charge on any atom is -0.497 e. The minimum atomic E-state index is -4.12. The van der Waals surface area contributed by atoms with Crippen LogP contribution in [0.25, 0.3) is 11.0 Å². The van der Waals surface area contributed by atoms with Crippen LogP contribution in [0.3, 0.4) is 0 Å². The summed E-state index contributed by atoms with van der Waals surface area (Å²) >= 11 is 0. The highest BCUT2D eigenvalue weighted by Crippen LogP contribution is 2.57. The molecule has 0 spiro atoms. The van der Waals surface area contributed by atoms with Crippen LogP contribution in [0.1, 0.15) is 95.5 Å². The van der Waals surface area contributed by atoms with Crippen LogP contribution in [-0.2, 0) is 35.6 Å². The van der Waals surface area contributed by atoms with Crippen molar-refractivity contribution in [1.29, 1.82) is 0 Å². The Kier molecular flexibility index (Phi) is 12.3. The van der Waals surface area contributed by atoms with Crippen molar-refractivity contribution in [2.24, 2.45) is 35.5 Å². The molecule has 4 aliphatic carbocycles. The monoisotopic (exact) mass is 852 g/mol. The Labute approximate surface area is 348 Å². The lowest BCUT2D eigenvalue weighted by Gasteiger charge is -2.28. The van der Waals surface area contributed by atoms with Gasteiger partial charge in [0.2, 0.25) is 34.1 Å². The van der Waals surface area contributed by atoms with Gasteiger partial charge in [0.15, 0.2) is 0 Å². The number of carbonyl (C=O) groups excluding carboxylic acids is 4. The number of halogens is 2. The quantitative estimate of drug-likeness (QED) is 0.329. The Bertz CT molecular complexity index is 2070. The van der Waals surface area contributed by atoms with E-state index in [0.717, 1.165) is 44.4 Å². The molecular formula is C41H62F2N6O9S. The molecule has 1 aromatic carbocycles. The molecule has 9 atom stereocenters. The van der Waals surface area contributed by atoms with Gasteiger partial charge in [0, 0.05) is 16.3 Å². The van der Waals surface area contributed by atoms with Crippen molar-refractivity contribution < 1.29 is 54.9 Å². The van der Waals surface area contributed by atoms with Crippen molar-refractivity contribution in [2.75, 3.05) is 20.2 Å². The second-order valence-corrected chi connectivity index (χ2v) is 19.8. The number of methoxy groups -OCH3 is 1. The van der Waals surface area contributed by atoms with Crippen molar-refractivity contribution in [1.82, 2.24) is 30.2 Å². The van der Waals surface area contributed by atoms with Crippen LogP contribution in [0, 0.1) is 35.5 Å². The number of fused-ring (bicyclic) bond motifs is 7. The van der Waals surface area contributed by atoms with Crippen LogP contribution in [0.5, 0.6) is 11.6 Å². The van der Waals surface area contributed by atoms with Gasteiger partial charge in [0.25, 0.3) is 5.91 Å². The summed E-state index contributed by atoms with van der Waals surface area (Å²) in [6.45, 7) is 7.46. The summed E-state index contributed by atoms with van der Waals surface area (Å²) in [6, 6.07) is 3.95. The minimum absolute atomic E-state index is 0. The Balaban J connectivity index is 0.00000116. The number of hydrogen-bond donors (Lipinski definition) is 3. The van der Waals surface area contributed by atoms with Gasteiger partial charge in [-0.15, -0.1) is 0 Å². The molecule has 1 aromatic heterocycles. The second kappa shape index (κ2) is 17.0. The maximum Gasteiger partial charge on any atom is 0.407 e. The van der Waals surface area contributed by atoms with Crippen molar-refractivity contribution in [3.05, 3.63) is 23.9 Å². The molecule has 3 N–H and O–H groups in total. The Hall–Kier alpha value is -4.35. The number of rotatable bonds is 7.